The standard InChI is InChI=1S/C28H30FN5O3S/c1-18(35)38-25-13-14-33(27(28(36)20-9-10-20)23-5-3-4-6-24(23)29)17-21(25)15-26-30-31-32-34(26)16-19-7-11-22(37-2)12-8-19/h3-8,11-12,15,20,25,27H,9-10,13-14,16-17H2,1-2H3. The summed E-state index contributed by atoms with van der Waals surface area (Å²) in [4.78, 5) is 27.5. The summed E-state index contributed by atoms with van der Waals surface area (Å²) < 4.78 is 21.9. The van der Waals surface area contributed by atoms with Crippen LogP contribution in [0, 0.1) is 11.7 Å². The third-order valence-electron chi connectivity index (χ3n) is 6.97. The topological polar surface area (TPSA) is 90.2 Å². The lowest BCUT2D eigenvalue weighted by atomic mass is 9.93. The number of ketones is 1. The molecule has 1 saturated heterocycles. The molecule has 10 heteroatoms. The predicted molar refractivity (Wildman–Crippen MR) is 143 cm³/mol. The van der Waals surface area contributed by atoms with Crippen LogP contribution in [-0.4, -0.2) is 61.5 Å². The molecule has 198 valence electrons. The SMILES string of the molecule is COc1ccc(Cn2nnnc2C=C2CN(C(C(=O)C3CC3)c3ccccc3F)CCC2SC(C)=O)cc1. The number of nitrogens with zero attached hydrogens (tertiary/aromatic N) is 5. The third kappa shape index (κ3) is 6.02. The Bertz CT molecular complexity index is 1340. The average Bonchev–Trinajstić information content (AvgIpc) is 3.68. The molecule has 0 bridgehead atoms. The van der Waals surface area contributed by atoms with E-state index in [1.165, 1.54) is 17.8 Å². The molecule has 1 saturated carbocycles. The number of rotatable bonds is 9. The summed E-state index contributed by atoms with van der Waals surface area (Å²) in [6.45, 7) is 3.01. The minimum atomic E-state index is -0.661. The van der Waals surface area contributed by atoms with E-state index in [9.17, 15) is 14.0 Å². The number of tetrazole rings is 1. The highest BCUT2D eigenvalue weighted by Gasteiger charge is 2.41. The molecule has 38 heavy (non-hydrogen) atoms. The van der Waals surface area contributed by atoms with Crippen LogP contribution in [0.5, 0.6) is 5.75 Å². The van der Waals surface area contributed by atoms with E-state index >= 15 is 0 Å². The average molecular weight is 536 g/mol. The molecule has 0 spiro atoms. The summed E-state index contributed by atoms with van der Waals surface area (Å²) in [5.74, 6) is 0.998. The van der Waals surface area contributed by atoms with Crippen molar-refractivity contribution in [1.82, 2.24) is 25.1 Å². The fraction of sp³-hybridized carbons (Fsp3) is 0.393. The minimum absolute atomic E-state index is 0.0202. The zero-order valence-corrected chi connectivity index (χ0v) is 22.2. The van der Waals surface area contributed by atoms with Crippen molar-refractivity contribution in [1.29, 1.82) is 0 Å². The molecule has 5 rings (SSSR count). The van der Waals surface area contributed by atoms with E-state index in [0.717, 1.165) is 29.7 Å². The molecule has 2 fully saturated rings. The number of aromatic nitrogens is 4. The molecule has 1 aromatic heterocycles. The lowest BCUT2D eigenvalue weighted by Crippen LogP contribution is -2.43. The first-order chi connectivity index (χ1) is 18.4. The summed E-state index contributed by atoms with van der Waals surface area (Å²) in [5.41, 5.74) is 2.35. The molecule has 1 aliphatic carbocycles. The summed E-state index contributed by atoms with van der Waals surface area (Å²) in [7, 11) is 1.62. The van der Waals surface area contributed by atoms with Crippen LogP contribution in [0.1, 0.15) is 49.2 Å². The van der Waals surface area contributed by atoms with Gasteiger partial charge in [-0.05, 0) is 65.1 Å². The maximum atomic E-state index is 14.9. The quantitative estimate of drug-likeness (QED) is 0.400. The van der Waals surface area contributed by atoms with Gasteiger partial charge in [-0.2, -0.15) is 0 Å². The molecular formula is C28H30FN5O3S. The second-order valence-corrected chi connectivity index (χ2v) is 11.1. The Morgan fingerprint density at radius 3 is 2.61 bits per heavy atom. The van der Waals surface area contributed by atoms with Crippen LogP contribution in [0.4, 0.5) is 4.39 Å². The number of methoxy groups -OCH3 is 1. The summed E-state index contributed by atoms with van der Waals surface area (Å²) >= 11 is 1.27. The van der Waals surface area contributed by atoms with Crippen molar-refractivity contribution >= 4 is 28.7 Å². The largest absolute Gasteiger partial charge is 0.497 e. The Morgan fingerprint density at radius 1 is 1.16 bits per heavy atom. The van der Waals surface area contributed by atoms with E-state index in [4.69, 9.17) is 4.74 Å². The lowest BCUT2D eigenvalue weighted by Gasteiger charge is -2.38. The Hall–Kier alpha value is -3.37. The zero-order valence-electron chi connectivity index (χ0n) is 21.4. The number of ether oxygens (including phenoxy) is 1. The van der Waals surface area contributed by atoms with Crippen molar-refractivity contribution in [3.8, 4) is 5.75 Å². The maximum absolute atomic E-state index is 14.9. The van der Waals surface area contributed by atoms with E-state index in [1.807, 2.05) is 35.2 Å². The van der Waals surface area contributed by atoms with Crippen molar-refractivity contribution in [3.05, 3.63) is 76.9 Å². The number of piperidine rings is 1. The molecule has 1 aliphatic heterocycles. The Morgan fingerprint density at radius 2 is 1.92 bits per heavy atom. The van der Waals surface area contributed by atoms with Crippen molar-refractivity contribution in [2.75, 3.05) is 20.2 Å². The summed E-state index contributed by atoms with van der Waals surface area (Å²) in [6, 6.07) is 13.5. The number of benzene rings is 2. The van der Waals surface area contributed by atoms with Crippen molar-refractivity contribution in [3.63, 3.8) is 0 Å². The van der Waals surface area contributed by atoms with Gasteiger partial charge in [0.2, 0.25) is 0 Å². The van der Waals surface area contributed by atoms with E-state index < -0.39 is 6.04 Å². The Kier molecular flexibility index (Phi) is 7.99. The molecule has 2 aromatic carbocycles. The highest BCUT2D eigenvalue weighted by atomic mass is 32.2. The van der Waals surface area contributed by atoms with Crippen molar-refractivity contribution in [2.45, 2.75) is 44.0 Å². The number of thioether (sulfide) groups is 1. The molecule has 2 aliphatic rings. The van der Waals surface area contributed by atoms with Gasteiger partial charge in [-0.1, -0.05) is 42.1 Å². The lowest BCUT2D eigenvalue weighted by molar-refractivity contribution is -0.126. The number of Topliss-reactive ketones (excluding diaryl/α,β-unsaturated/α-hetero) is 1. The second-order valence-electron chi connectivity index (χ2n) is 9.72. The van der Waals surface area contributed by atoms with E-state index in [0.29, 0.717) is 37.4 Å². The predicted octanol–water partition coefficient (Wildman–Crippen LogP) is 4.33. The minimum Gasteiger partial charge on any atom is -0.497 e. The monoisotopic (exact) mass is 535 g/mol. The van der Waals surface area contributed by atoms with Crippen LogP contribution < -0.4 is 4.74 Å². The zero-order chi connectivity index (χ0) is 26.6. The Balaban J connectivity index is 1.45. The van der Waals surface area contributed by atoms with E-state index in [-0.39, 0.29) is 27.9 Å². The van der Waals surface area contributed by atoms with Crippen LogP contribution in [-0.2, 0) is 16.1 Å². The first-order valence-electron chi connectivity index (χ1n) is 12.7. The summed E-state index contributed by atoms with van der Waals surface area (Å²) in [5, 5.41) is 12.2. The van der Waals surface area contributed by atoms with Crippen LogP contribution in [0.2, 0.25) is 0 Å². The fourth-order valence-corrected chi connectivity index (χ4v) is 5.81. The molecule has 0 amide bonds. The van der Waals surface area contributed by atoms with Gasteiger partial charge in [0.25, 0.3) is 0 Å². The third-order valence-corrected chi connectivity index (χ3v) is 8.12. The van der Waals surface area contributed by atoms with Crippen LogP contribution in [0.15, 0.2) is 54.1 Å². The number of likely N-dealkylation sites (tertiary alicyclic amines) is 1. The van der Waals surface area contributed by atoms with Gasteiger partial charge in [0, 0.05) is 36.7 Å². The smallest absolute Gasteiger partial charge is 0.186 e. The van der Waals surface area contributed by atoms with Crippen LogP contribution in [0.25, 0.3) is 6.08 Å². The van der Waals surface area contributed by atoms with E-state index in [2.05, 4.69) is 15.5 Å². The second kappa shape index (κ2) is 11.6. The van der Waals surface area contributed by atoms with Gasteiger partial charge in [-0.3, -0.25) is 14.5 Å². The van der Waals surface area contributed by atoms with Crippen molar-refractivity contribution < 1.29 is 18.7 Å². The normalized spacial score (nSPS) is 19.9. The molecule has 2 atom stereocenters. The van der Waals surface area contributed by atoms with Gasteiger partial charge in [0.15, 0.2) is 16.7 Å². The number of hydrogen-bond donors (Lipinski definition) is 0. The molecule has 0 N–H and O–H groups in total. The maximum Gasteiger partial charge on any atom is 0.186 e. The van der Waals surface area contributed by atoms with Gasteiger partial charge in [0.05, 0.1) is 19.7 Å². The number of hydrogen-bond acceptors (Lipinski definition) is 8. The fourth-order valence-electron chi connectivity index (χ4n) is 4.89. The first kappa shape index (κ1) is 26.2. The number of carbonyl (C=O) groups excluding carboxylic acids is 2. The molecule has 8 nitrogen and oxygen atoms in total. The van der Waals surface area contributed by atoms with Crippen LogP contribution in [0.3, 0.4) is 0 Å². The van der Waals surface area contributed by atoms with Crippen LogP contribution >= 0.6 is 11.8 Å². The van der Waals surface area contributed by atoms with Gasteiger partial charge >= 0.3 is 0 Å². The molecule has 2 heterocycles. The van der Waals surface area contributed by atoms with Gasteiger partial charge < -0.3 is 4.74 Å². The Labute approximate surface area is 225 Å². The number of carbonyl (C=O) groups is 2. The molecular weight excluding hydrogens is 505 g/mol. The first-order valence-corrected chi connectivity index (χ1v) is 13.6. The van der Waals surface area contributed by atoms with Gasteiger partial charge in [-0.15, -0.1) is 5.10 Å². The molecule has 3 aromatic rings. The van der Waals surface area contributed by atoms with Gasteiger partial charge in [-0.25, -0.2) is 9.07 Å². The molecule has 2 unspecified atom stereocenters. The number of halogens is 1. The van der Waals surface area contributed by atoms with Crippen molar-refractivity contribution in [2.24, 2.45) is 5.92 Å². The summed E-state index contributed by atoms with van der Waals surface area (Å²) in [6.07, 6.45) is 4.27. The highest BCUT2D eigenvalue weighted by Crippen LogP contribution is 2.40. The van der Waals surface area contributed by atoms with E-state index in [1.54, 1.807) is 36.9 Å². The van der Waals surface area contributed by atoms with Gasteiger partial charge in [0.1, 0.15) is 11.6 Å². The molecule has 0 radical (unpaired) electrons. The highest BCUT2D eigenvalue weighted by molar-refractivity contribution is 8.14.